The number of aliphatic carboxylic acids is 1. The van der Waals surface area contributed by atoms with E-state index in [9.17, 15) is 9.59 Å². The Morgan fingerprint density at radius 3 is 2.95 bits per heavy atom. The molecule has 20 heavy (non-hydrogen) atoms. The van der Waals surface area contributed by atoms with Crippen molar-refractivity contribution in [2.24, 2.45) is 0 Å². The maximum absolute atomic E-state index is 12.6. The summed E-state index contributed by atoms with van der Waals surface area (Å²) < 4.78 is 0. The summed E-state index contributed by atoms with van der Waals surface area (Å²) in [6.07, 6.45) is -0.0234. The van der Waals surface area contributed by atoms with Crippen LogP contribution in [0.1, 0.15) is 22.3 Å². The smallest absolute Gasteiger partial charge is 0.305 e. The first-order valence-electron chi connectivity index (χ1n) is 6.45. The molecule has 1 heterocycles. The predicted molar refractivity (Wildman–Crippen MR) is 80.0 cm³/mol. The van der Waals surface area contributed by atoms with Crippen molar-refractivity contribution in [2.75, 3.05) is 23.8 Å². The highest BCUT2D eigenvalue weighted by atomic mass is 32.2. The van der Waals surface area contributed by atoms with E-state index in [4.69, 9.17) is 10.8 Å². The third-order valence-corrected chi connectivity index (χ3v) is 4.43. The molecule has 0 bridgehead atoms. The Bertz CT molecular complexity index is 533. The molecule has 6 heteroatoms. The maximum Gasteiger partial charge on any atom is 0.305 e. The van der Waals surface area contributed by atoms with E-state index in [0.717, 1.165) is 11.3 Å². The quantitative estimate of drug-likeness (QED) is 0.827. The molecule has 1 aliphatic heterocycles. The number of amides is 1. The predicted octanol–water partition coefficient (Wildman–Crippen LogP) is 1.61. The molecule has 3 N–H and O–H groups in total. The summed E-state index contributed by atoms with van der Waals surface area (Å²) >= 11 is 1.68. The van der Waals surface area contributed by atoms with Gasteiger partial charge in [0.05, 0.1) is 18.0 Å². The summed E-state index contributed by atoms with van der Waals surface area (Å²) in [4.78, 5) is 25.2. The molecule has 0 aromatic heterocycles. The molecule has 0 saturated carbocycles. The van der Waals surface area contributed by atoms with Crippen molar-refractivity contribution in [1.82, 2.24) is 4.90 Å². The highest BCUT2D eigenvalue weighted by molar-refractivity contribution is 7.99. The largest absolute Gasteiger partial charge is 0.481 e. The highest BCUT2D eigenvalue weighted by Gasteiger charge is 2.30. The van der Waals surface area contributed by atoms with Gasteiger partial charge < -0.3 is 15.7 Å². The van der Waals surface area contributed by atoms with Crippen LogP contribution in [0.2, 0.25) is 0 Å². The zero-order chi connectivity index (χ0) is 14.7. The highest BCUT2D eigenvalue weighted by Crippen LogP contribution is 2.24. The Kier molecular flexibility index (Phi) is 4.54. The first-order valence-corrected chi connectivity index (χ1v) is 7.61. The molecule has 1 aliphatic rings. The average Bonchev–Trinajstić information content (AvgIpc) is 2.41. The summed E-state index contributed by atoms with van der Waals surface area (Å²) in [5.74, 6) is 0.433. The van der Waals surface area contributed by atoms with Crippen LogP contribution in [0.4, 0.5) is 5.69 Å². The third kappa shape index (κ3) is 3.25. The molecule has 0 radical (unpaired) electrons. The number of nitrogen functional groups attached to an aromatic ring is 1. The zero-order valence-corrected chi connectivity index (χ0v) is 12.2. The Hall–Kier alpha value is -1.69. The number of anilines is 1. The summed E-state index contributed by atoms with van der Waals surface area (Å²) in [5.41, 5.74) is 7.74. The van der Waals surface area contributed by atoms with Gasteiger partial charge in [-0.3, -0.25) is 9.59 Å². The number of thioether (sulfide) groups is 1. The van der Waals surface area contributed by atoms with Gasteiger partial charge in [-0.15, -0.1) is 0 Å². The number of carboxylic acids is 1. The fraction of sp³-hybridized carbons (Fsp3) is 0.429. The van der Waals surface area contributed by atoms with Crippen LogP contribution in [0, 0.1) is 6.92 Å². The second-order valence-electron chi connectivity index (χ2n) is 4.92. The van der Waals surface area contributed by atoms with E-state index in [2.05, 4.69) is 0 Å². The minimum Gasteiger partial charge on any atom is -0.481 e. The molecular weight excluding hydrogens is 276 g/mol. The summed E-state index contributed by atoms with van der Waals surface area (Å²) in [7, 11) is 0. The number of rotatable bonds is 3. The number of benzene rings is 1. The molecule has 108 valence electrons. The number of nitrogens with two attached hydrogens (primary N) is 1. The molecule has 1 aromatic rings. The van der Waals surface area contributed by atoms with Gasteiger partial charge >= 0.3 is 5.97 Å². The second kappa shape index (κ2) is 6.17. The van der Waals surface area contributed by atoms with E-state index in [-0.39, 0.29) is 18.4 Å². The number of nitrogens with zero attached hydrogens (tertiary/aromatic N) is 1. The maximum atomic E-state index is 12.6. The first kappa shape index (κ1) is 14.7. The van der Waals surface area contributed by atoms with E-state index >= 15 is 0 Å². The van der Waals surface area contributed by atoms with Gasteiger partial charge in [-0.05, 0) is 19.1 Å². The monoisotopic (exact) mass is 294 g/mol. The van der Waals surface area contributed by atoms with E-state index in [1.807, 2.05) is 13.0 Å². The lowest BCUT2D eigenvalue weighted by molar-refractivity contribution is -0.138. The van der Waals surface area contributed by atoms with Gasteiger partial charge in [-0.1, -0.05) is 11.6 Å². The average molecular weight is 294 g/mol. The van der Waals surface area contributed by atoms with Crippen molar-refractivity contribution in [1.29, 1.82) is 0 Å². The molecule has 1 amide bonds. The van der Waals surface area contributed by atoms with E-state index < -0.39 is 5.97 Å². The minimum absolute atomic E-state index is 0.0234. The van der Waals surface area contributed by atoms with E-state index in [1.165, 1.54) is 0 Å². The van der Waals surface area contributed by atoms with Crippen LogP contribution in [0.5, 0.6) is 0 Å². The van der Waals surface area contributed by atoms with Gasteiger partial charge in [-0.25, -0.2) is 0 Å². The second-order valence-corrected chi connectivity index (χ2v) is 6.07. The number of aryl methyl sites for hydroxylation is 1. The number of carbonyl (C=O) groups excluding carboxylic acids is 1. The normalized spacial score (nSPS) is 18.9. The summed E-state index contributed by atoms with van der Waals surface area (Å²) in [6, 6.07) is 5.07. The molecule has 1 atom stereocenters. The lowest BCUT2D eigenvalue weighted by Gasteiger charge is -2.35. The van der Waals surface area contributed by atoms with E-state index in [1.54, 1.807) is 28.8 Å². The zero-order valence-electron chi connectivity index (χ0n) is 11.3. The molecule has 0 spiro atoms. The lowest BCUT2D eigenvalue weighted by atomic mass is 10.1. The molecule has 1 unspecified atom stereocenters. The Balaban J connectivity index is 2.25. The summed E-state index contributed by atoms with van der Waals surface area (Å²) in [5, 5.41) is 8.96. The van der Waals surface area contributed by atoms with Crippen LogP contribution in [-0.4, -0.2) is 46.0 Å². The van der Waals surface area contributed by atoms with Crippen molar-refractivity contribution in [3.63, 3.8) is 0 Å². The van der Waals surface area contributed by atoms with Crippen molar-refractivity contribution in [3.05, 3.63) is 29.3 Å². The van der Waals surface area contributed by atoms with Crippen molar-refractivity contribution in [2.45, 2.75) is 19.4 Å². The molecule has 1 aromatic carbocycles. The van der Waals surface area contributed by atoms with Crippen LogP contribution < -0.4 is 5.73 Å². The van der Waals surface area contributed by atoms with Crippen LogP contribution in [0.15, 0.2) is 18.2 Å². The van der Waals surface area contributed by atoms with Gasteiger partial charge in [0.15, 0.2) is 0 Å². The standard InChI is InChI=1S/C14H18N2O3S/c1-9-2-3-12(15)11(6-9)14(19)16-4-5-20-8-10(16)7-13(17)18/h2-3,6,10H,4-5,7-8,15H2,1H3,(H,17,18). The van der Waals surface area contributed by atoms with Crippen molar-refractivity contribution in [3.8, 4) is 0 Å². The van der Waals surface area contributed by atoms with Gasteiger partial charge in [0.2, 0.25) is 0 Å². The third-order valence-electron chi connectivity index (χ3n) is 3.34. The van der Waals surface area contributed by atoms with E-state index in [0.29, 0.717) is 23.5 Å². The lowest BCUT2D eigenvalue weighted by Crippen LogP contribution is -2.47. The number of hydrogen-bond donors (Lipinski definition) is 2. The minimum atomic E-state index is -0.882. The molecular formula is C14H18N2O3S. The SMILES string of the molecule is Cc1ccc(N)c(C(=O)N2CCSCC2CC(=O)O)c1. The molecule has 1 saturated heterocycles. The van der Waals surface area contributed by atoms with Gasteiger partial charge in [0.1, 0.15) is 0 Å². The topological polar surface area (TPSA) is 83.6 Å². The Morgan fingerprint density at radius 2 is 2.25 bits per heavy atom. The van der Waals surface area contributed by atoms with Crippen molar-refractivity contribution >= 4 is 29.3 Å². The number of hydrogen-bond acceptors (Lipinski definition) is 4. The number of carboxylic acid groups (broad SMARTS) is 1. The van der Waals surface area contributed by atoms with Crippen LogP contribution in [0.25, 0.3) is 0 Å². The van der Waals surface area contributed by atoms with Crippen molar-refractivity contribution < 1.29 is 14.7 Å². The van der Waals surface area contributed by atoms with Gasteiger partial charge in [0, 0.05) is 23.7 Å². The fourth-order valence-corrected chi connectivity index (χ4v) is 3.37. The molecule has 5 nitrogen and oxygen atoms in total. The van der Waals surface area contributed by atoms with Crippen LogP contribution in [0.3, 0.4) is 0 Å². The van der Waals surface area contributed by atoms with Gasteiger partial charge in [-0.2, -0.15) is 11.8 Å². The molecule has 2 rings (SSSR count). The van der Waals surface area contributed by atoms with Crippen LogP contribution in [-0.2, 0) is 4.79 Å². The fourth-order valence-electron chi connectivity index (χ4n) is 2.30. The first-order chi connectivity index (χ1) is 9.49. The Morgan fingerprint density at radius 1 is 1.50 bits per heavy atom. The summed E-state index contributed by atoms with van der Waals surface area (Å²) in [6.45, 7) is 2.46. The molecule has 1 fully saturated rings. The Labute approximate surface area is 122 Å². The number of carbonyl (C=O) groups is 2. The van der Waals surface area contributed by atoms with Crippen LogP contribution >= 0.6 is 11.8 Å². The molecule has 0 aliphatic carbocycles. The van der Waals surface area contributed by atoms with Gasteiger partial charge in [0.25, 0.3) is 5.91 Å².